The maximum absolute atomic E-state index is 13.7. The summed E-state index contributed by atoms with van der Waals surface area (Å²) in [6, 6.07) is 5.47. The van der Waals surface area contributed by atoms with Crippen molar-refractivity contribution in [1.82, 2.24) is 0 Å². The van der Waals surface area contributed by atoms with E-state index < -0.39 is 0 Å². The molecule has 2 atom stereocenters. The predicted octanol–water partition coefficient (Wildman–Crippen LogP) is 3.50. The van der Waals surface area contributed by atoms with Gasteiger partial charge in [0.05, 0.1) is 17.9 Å². The Morgan fingerprint density at radius 3 is 2.47 bits per heavy atom. The molecule has 1 aliphatic heterocycles. The van der Waals surface area contributed by atoms with E-state index in [-0.39, 0.29) is 18.0 Å². The summed E-state index contributed by atoms with van der Waals surface area (Å²) >= 11 is 0. The zero-order chi connectivity index (χ0) is 12.4. The topological polar surface area (TPSA) is 21.3 Å². The predicted molar refractivity (Wildman–Crippen MR) is 67.8 cm³/mol. The summed E-state index contributed by atoms with van der Waals surface area (Å²) in [7, 11) is 0. The standard InChI is InChI=1S/C14H20FNO/c1-9-5-4-6-13(15)14(9)16-12-7-10(2)17-11(3)8-12/h4-6,10-12,16H,7-8H2,1-3H3. The highest BCUT2D eigenvalue weighted by atomic mass is 19.1. The van der Waals surface area contributed by atoms with Gasteiger partial charge in [0.1, 0.15) is 5.82 Å². The Kier molecular flexibility index (Phi) is 3.67. The van der Waals surface area contributed by atoms with Crippen molar-refractivity contribution >= 4 is 5.69 Å². The van der Waals surface area contributed by atoms with E-state index in [9.17, 15) is 4.39 Å². The molecule has 0 amide bonds. The van der Waals surface area contributed by atoms with Gasteiger partial charge in [0.25, 0.3) is 0 Å². The summed E-state index contributed by atoms with van der Waals surface area (Å²) < 4.78 is 19.4. The molecule has 2 nitrogen and oxygen atoms in total. The molecular weight excluding hydrogens is 217 g/mol. The van der Waals surface area contributed by atoms with Gasteiger partial charge >= 0.3 is 0 Å². The van der Waals surface area contributed by atoms with Crippen molar-refractivity contribution in [3.8, 4) is 0 Å². The van der Waals surface area contributed by atoms with Crippen molar-refractivity contribution in [3.63, 3.8) is 0 Å². The van der Waals surface area contributed by atoms with Gasteiger partial charge in [-0.25, -0.2) is 4.39 Å². The van der Waals surface area contributed by atoms with Crippen molar-refractivity contribution in [1.29, 1.82) is 0 Å². The van der Waals surface area contributed by atoms with Gasteiger partial charge in [0.2, 0.25) is 0 Å². The normalized spacial score (nSPS) is 29.1. The fraction of sp³-hybridized carbons (Fsp3) is 0.571. The Bertz CT molecular complexity index is 364. The highest BCUT2D eigenvalue weighted by molar-refractivity contribution is 5.52. The van der Waals surface area contributed by atoms with Crippen molar-refractivity contribution < 1.29 is 9.13 Å². The molecule has 0 aromatic heterocycles. The van der Waals surface area contributed by atoms with Crippen LogP contribution in [0.1, 0.15) is 32.3 Å². The minimum atomic E-state index is -0.170. The zero-order valence-corrected chi connectivity index (χ0v) is 10.7. The Labute approximate surface area is 102 Å². The van der Waals surface area contributed by atoms with E-state index in [0.29, 0.717) is 11.7 Å². The van der Waals surface area contributed by atoms with E-state index >= 15 is 0 Å². The highest BCUT2D eigenvalue weighted by Crippen LogP contribution is 2.26. The van der Waals surface area contributed by atoms with E-state index in [1.807, 2.05) is 13.0 Å². The maximum Gasteiger partial charge on any atom is 0.146 e. The molecule has 0 bridgehead atoms. The molecule has 3 heteroatoms. The fourth-order valence-electron chi connectivity index (χ4n) is 2.54. The van der Waals surface area contributed by atoms with Crippen LogP contribution >= 0.6 is 0 Å². The number of hydrogen-bond donors (Lipinski definition) is 1. The van der Waals surface area contributed by atoms with Crippen molar-refractivity contribution in [2.45, 2.75) is 51.9 Å². The van der Waals surface area contributed by atoms with Crippen LogP contribution in [0.25, 0.3) is 0 Å². The van der Waals surface area contributed by atoms with Crippen LogP contribution in [0, 0.1) is 12.7 Å². The van der Waals surface area contributed by atoms with Gasteiger partial charge < -0.3 is 10.1 Å². The van der Waals surface area contributed by atoms with Crippen LogP contribution in [0.15, 0.2) is 18.2 Å². The average Bonchev–Trinajstić information content (AvgIpc) is 2.22. The van der Waals surface area contributed by atoms with Crippen LogP contribution in [0.3, 0.4) is 0 Å². The largest absolute Gasteiger partial charge is 0.380 e. The molecule has 1 aliphatic rings. The minimum absolute atomic E-state index is 0.170. The fourth-order valence-corrected chi connectivity index (χ4v) is 2.54. The third-order valence-electron chi connectivity index (χ3n) is 3.27. The van der Waals surface area contributed by atoms with E-state index in [0.717, 1.165) is 18.4 Å². The van der Waals surface area contributed by atoms with Crippen LogP contribution in [0.4, 0.5) is 10.1 Å². The molecule has 1 N–H and O–H groups in total. The Balaban J connectivity index is 2.10. The lowest BCUT2D eigenvalue weighted by atomic mass is 9.99. The molecule has 94 valence electrons. The van der Waals surface area contributed by atoms with Crippen LogP contribution < -0.4 is 5.32 Å². The lowest BCUT2D eigenvalue weighted by molar-refractivity contribution is -0.0338. The zero-order valence-electron chi connectivity index (χ0n) is 10.7. The first-order valence-corrected chi connectivity index (χ1v) is 6.23. The number of halogens is 1. The molecule has 0 saturated carbocycles. The van der Waals surface area contributed by atoms with Crippen molar-refractivity contribution in [2.75, 3.05) is 5.32 Å². The second-order valence-corrected chi connectivity index (χ2v) is 5.00. The third kappa shape index (κ3) is 2.97. The minimum Gasteiger partial charge on any atom is -0.380 e. The number of anilines is 1. The first-order chi connectivity index (χ1) is 8.06. The molecule has 2 rings (SSSR count). The molecule has 2 unspecified atom stereocenters. The van der Waals surface area contributed by atoms with E-state index in [4.69, 9.17) is 4.74 Å². The molecule has 1 aromatic rings. The molecule has 1 saturated heterocycles. The summed E-state index contributed by atoms with van der Waals surface area (Å²) in [6.07, 6.45) is 2.34. The van der Waals surface area contributed by atoms with Gasteiger partial charge in [0, 0.05) is 6.04 Å². The molecule has 0 radical (unpaired) electrons. The van der Waals surface area contributed by atoms with Crippen LogP contribution in [-0.2, 0) is 4.74 Å². The van der Waals surface area contributed by atoms with Crippen molar-refractivity contribution in [3.05, 3.63) is 29.6 Å². The Hall–Kier alpha value is -1.09. The molecule has 1 fully saturated rings. The first-order valence-electron chi connectivity index (χ1n) is 6.23. The van der Waals surface area contributed by atoms with Gasteiger partial charge in [-0.3, -0.25) is 0 Å². The lowest BCUT2D eigenvalue weighted by Crippen LogP contribution is -2.37. The van der Waals surface area contributed by atoms with Crippen LogP contribution in [0.5, 0.6) is 0 Å². The summed E-state index contributed by atoms with van der Waals surface area (Å²) in [6.45, 7) is 6.06. The number of ether oxygens (including phenoxy) is 1. The van der Waals surface area contributed by atoms with E-state index in [1.54, 1.807) is 6.07 Å². The smallest absolute Gasteiger partial charge is 0.146 e. The van der Waals surface area contributed by atoms with Gasteiger partial charge in [-0.2, -0.15) is 0 Å². The maximum atomic E-state index is 13.7. The number of para-hydroxylation sites is 1. The molecule has 1 aromatic carbocycles. The van der Waals surface area contributed by atoms with Gasteiger partial charge in [0.15, 0.2) is 0 Å². The van der Waals surface area contributed by atoms with Crippen molar-refractivity contribution in [2.24, 2.45) is 0 Å². The second kappa shape index (κ2) is 5.05. The quantitative estimate of drug-likeness (QED) is 0.850. The lowest BCUT2D eigenvalue weighted by Gasteiger charge is -2.33. The summed E-state index contributed by atoms with van der Waals surface area (Å²) in [5, 5.41) is 3.32. The summed E-state index contributed by atoms with van der Waals surface area (Å²) in [5.41, 5.74) is 1.59. The molecule has 17 heavy (non-hydrogen) atoms. The highest BCUT2D eigenvalue weighted by Gasteiger charge is 2.25. The first kappa shape index (κ1) is 12.4. The molecular formula is C14H20FNO. The number of hydrogen-bond acceptors (Lipinski definition) is 2. The number of aryl methyl sites for hydroxylation is 1. The van der Waals surface area contributed by atoms with Crippen LogP contribution in [0.2, 0.25) is 0 Å². The van der Waals surface area contributed by atoms with Gasteiger partial charge in [-0.05, 0) is 45.2 Å². The SMILES string of the molecule is Cc1cccc(F)c1NC1CC(C)OC(C)C1. The van der Waals surface area contributed by atoms with E-state index in [2.05, 4.69) is 19.2 Å². The number of rotatable bonds is 2. The number of benzene rings is 1. The second-order valence-electron chi connectivity index (χ2n) is 5.00. The Morgan fingerprint density at radius 2 is 1.88 bits per heavy atom. The number of nitrogens with one attached hydrogen (secondary N) is 1. The Morgan fingerprint density at radius 1 is 1.24 bits per heavy atom. The third-order valence-corrected chi connectivity index (χ3v) is 3.27. The van der Waals surface area contributed by atoms with Gasteiger partial charge in [-0.15, -0.1) is 0 Å². The van der Waals surface area contributed by atoms with Gasteiger partial charge in [-0.1, -0.05) is 12.1 Å². The average molecular weight is 237 g/mol. The summed E-state index contributed by atoms with van der Waals surface area (Å²) in [4.78, 5) is 0. The molecule has 0 spiro atoms. The summed E-state index contributed by atoms with van der Waals surface area (Å²) in [5.74, 6) is -0.170. The van der Waals surface area contributed by atoms with Crippen LogP contribution in [-0.4, -0.2) is 18.2 Å². The monoisotopic (exact) mass is 237 g/mol. The molecule has 0 aliphatic carbocycles. The van der Waals surface area contributed by atoms with E-state index in [1.165, 1.54) is 6.07 Å². The molecule has 1 heterocycles.